The molecular formula is C17H21ClN2O2. The normalized spacial score (nSPS) is 11.7. The molecule has 0 aliphatic heterocycles. The zero-order valence-electron chi connectivity index (χ0n) is 13.3. The average molecular weight is 321 g/mol. The van der Waals surface area contributed by atoms with E-state index in [4.69, 9.17) is 11.6 Å². The molecule has 0 spiro atoms. The van der Waals surface area contributed by atoms with E-state index in [1.807, 2.05) is 45.9 Å². The van der Waals surface area contributed by atoms with Crippen LogP contribution in [0.25, 0.3) is 0 Å². The summed E-state index contributed by atoms with van der Waals surface area (Å²) >= 11 is 6.09. The topological polar surface area (TPSA) is 58.2 Å². The van der Waals surface area contributed by atoms with Crippen molar-refractivity contribution in [1.82, 2.24) is 0 Å². The lowest BCUT2D eigenvalue weighted by Gasteiger charge is -2.27. The number of halogens is 1. The van der Waals surface area contributed by atoms with Crippen LogP contribution in [0, 0.1) is 6.92 Å². The molecule has 118 valence electrons. The zero-order valence-corrected chi connectivity index (χ0v) is 14.1. The largest absolute Gasteiger partial charge is 0.376 e. The molecule has 0 saturated carbocycles. The highest BCUT2D eigenvalue weighted by atomic mass is 35.5. The van der Waals surface area contributed by atoms with Crippen LogP contribution in [0.3, 0.4) is 0 Å². The molecule has 0 aromatic heterocycles. The highest BCUT2D eigenvalue weighted by Crippen LogP contribution is 2.23. The van der Waals surface area contributed by atoms with Crippen LogP contribution in [-0.4, -0.2) is 5.54 Å². The molecule has 0 aliphatic carbocycles. The second-order valence-corrected chi connectivity index (χ2v) is 6.61. The standard InChI is InChI=1S/C17H21ClN2O2/c1-5-17(3,4)20-14-13(15(21)16(14)22)19-9-11-7-6-10(2)12(18)8-11/h6-8,19-20H,5,9H2,1-4H3. The first-order valence-corrected chi connectivity index (χ1v) is 7.73. The summed E-state index contributed by atoms with van der Waals surface area (Å²) in [5.41, 5.74) is 1.57. The number of nitrogens with one attached hydrogen (secondary N) is 2. The van der Waals surface area contributed by atoms with Gasteiger partial charge in [0.05, 0.1) is 0 Å². The maximum absolute atomic E-state index is 11.8. The van der Waals surface area contributed by atoms with E-state index in [1.165, 1.54) is 0 Å². The van der Waals surface area contributed by atoms with Crippen LogP contribution in [0.4, 0.5) is 11.4 Å². The number of hydrogen-bond acceptors (Lipinski definition) is 4. The third kappa shape index (κ3) is 3.33. The van der Waals surface area contributed by atoms with Crippen LogP contribution in [0.15, 0.2) is 27.8 Å². The minimum Gasteiger partial charge on any atom is -0.376 e. The monoisotopic (exact) mass is 320 g/mol. The molecule has 0 bridgehead atoms. The Morgan fingerprint density at radius 2 is 1.77 bits per heavy atom. The minimum absolute atomic E-state index is 0.230. The summed E-state index contributed by atoms with van der Waals surface area (Å²) in [5.74, 6) is 0. The summed E-state index contributed by atoms with van der Waals surface area (Å²) in [5, 5.41) is 6.89. The van der Waals surface area contributed by atoms with Gasteiger partial charge in [-0.15, -0.1) is 0 Å². The molecule has 0 aliphatic rings. The molecule has 0 atom stereocenters. The van der Waals surface area contributed by atoms with Crippen molar-refractivity contribution in [3.05, 3.63) is 54.8 Å². The molecule has 2 N–H and O–H groups in total. The summed E-state index contributed by atoms with van der Waals surface area (Å²) in [4.78, 5) is 23.5. The Kier molecular flexibility index (Phi) is 4.61. The van der Waals surface area contributed by atoms with Crippen LogP contribution in [-0.2, 0) is 6.54 Å². The van der Waals surface area contributed by atoms with Gasteiger partial charge < -0.3 is 10.6 Å². The lowest BCUT2D eigenvalue weighted by atomic mass is 10.00. The zero-order chi connectivity index (χ0) is 16.5. The van der Waals surface area contributed by atoms with Crippen molar-refractivity contribution in [2.45, 2.75) is 46.2 Å². The van der Waals surface area contributed by atoms with Crippen LogP contribution in [0.1, 0.15) is 38.3 Å². The number of anilines is 2. The molecule has 0 amide bonds. The van der Waals surface area contributed by atoms with Gasteiger partial charge in [0.1, 0.15) is 11.4 Å². The quantitative estimate of drug-likeness (QED) is 0.800. The lowest BCUT2D eigenvalue weighted by molar-refractivity contribution is 0.546. The van der Waals surface area contributed by atoms with Gasteiger partial charge in [-0.1, -0.05) is 30.7 Å². The van der Waals surface area contributed by atoms with Crippen LogP contribution >= 0.6 is 11.6 Å². The van der Waals surface area contributed by atoms with E-state index < -0.39 is 10.9 Å². The van der Waals surface area contributed by atoms with Crippen molar-refractivity contribution >= 4 is 23.0 Å². The Balaban J connectivity index is 2.14. The van der Waals surface area contributed by atoms with Crippen molar-refractivity contribution in [1.29, 1.82) is 0 Å². The molecule has 0 unspecified atom stereocenters. The van der Waals surface area contributed by atoms with Gasteiger partial charge >= 0.3 is 0 Å². The predicted molar refractivity (Wildman–Crippen MR) is 92.9 cm³/mol. The first-order chi connectivity index (χ1) is 10.2. The van der Waals surface area contributed by atoms with Gasteiger partial charge in [0, 0.05) is 17.1 Å². The fourth-order valence-electron chi connectivity index (χ4n) is 2.04. The molecule has 0 fully saturated rings. The van der Waals surface area contributed by atoms with E-state index in [1.54, 1.807) is 0 Å². The summed E-state index contributed by atoms with van der Waals surface area (Å²) in [6, 6.07) is 5.74. The number of hydrogen-bond donors (Lipinski definition) is 2. The van der Waals surface area contributed by atoms with E-state index in [0.29, 0.717) is 22.9 Å². The van der Waals surface area contributed by atoms with Gasteiger partial charge in [0.25, 0.3) is 10.9 Å². The predicted octanol–water partition coefficient (Wildman–Crippen LogP) is 3.46. The Morgan fingerprint density at radius 3 is 2.36 bits per heavy atom. The second kappa shape index (κ2) is 6.13. The summed E-state index contributed by atoms with van der Waals surface area (Å²) in [7, 11) is 0. The minimum atomic E-state index is -0.465. The molecule has 4 nitrogen and oxygen atoms in total. The first-order valence-electron chi connectivity index (χ1n) is 7.35. The third-order valence-electron chi connectivity index (χ3n) is 3.96. The number of rotatable bonds is 6. The van der Waals surface area contributed by atoms with Crippen molar-refractivity contribution in [3.63, 3.8) is 0 Å². The van der Waals surface area contributed by atoms with Crippen LogP contribution < -0.4 is 21.5 Å². The van der Waals surface area contributed by atoms with Gasteiger partial charge in [-0.25, -0.2) is 0 Å². The SMILES string of the molecule is CCC(C)(C)Nc1c(NCc2ccc(C)c(Cl)c2)c(=O)c1=O. The van der Waals surface area contributed by atoms with Crippen LogP contribution in [0.2, 0.25) is 5.02 Å². The maximum atomic E-state index is 11.8. The van der Waals surface area contributed by atoms with Crippen molar-refractivity contribution < 1.29 is 0 Å². The lowest BCUT2D eigenvalue weighted by Crippen LogP contribution is -2.42. The Labute approximate surface area is 135 Å². The molecule has 2 rings (SSSR count). The fraction of sp³-hybridized carbons (Fsp3) is 0.412. The van der Waals surface area contributed by atoms with Gasteiger partial charge in [0.2, 0.25) is 0 Å². The van der Waals surface area contributed by atoms with Gasteiger partial charge in [0.15, 0.2) is 0 Å². The molecule has 2 aromatic carbocycles. The Hall–Kier alpha value is -1.81. The van der Waals surface area contributed by atoms with E-state index in [9.17, 15) is 9.59 Å². The molecule has 2 aromatic rings. The molecular weight excluding hydrogens is 300 g/mol. The van der Waals surface area contributed by atoms with Crippen LogP contribution in [0.5, 0.6) is 0 Å². The Morgan fingerprint density at radius 1 is 1.14 bits per heavy atom. The maximum Gasteiger partial charge on any atom is 0.253 e. The highest BCUT2D eigenvalue weighted by molar-refractivity contribution is 6.31. The summed E-state index contributed by atoms with van der Waals surface area (Å²) in [6.45, 7) is 8.40. The van der Waals surface area contributed by atoms with Crippen molar-refractivity contribution in [2.24, 2.45) is 0 Å². The van der Waals surface area contributed by atoms with Gasteiger partial charge in [-0.3, -0.25) is 9.59 Å². The van der Waals surface area contributed by atoms with E-state index in [0.717, 1.165) is 17.5 Å². The molecule has 0 saturated heterocycles. The smallest absolute Gasteiger partial charge is 0.253 e. The third-order valence-corrected chi connectivity index (χ3v) is 4.37. The summed E-state index contributed by atoms with van der Waals surface area (Å²) in [6.07, 6.45) is 0.846. The fourth-order valence-corrected chi connectivity index (χ4v) is 2.25. The molecule has 22 heavy (non-hydrogen) atoms. The van der Waals surface area contributed by atoms with Gasteiger partial charge in [-0.05, 0) is 44.4 Å². The van der Waals surface area contributed by atoms with E-state index >= 15 is 0 Å². The Bertz CT molecular complexity index is 758. The first kappa shape index (κ1) is 16.6. The van der Waals surface area contributed by atoms with Crippen molar-refractivity contribution in [2.75, 3.05) is 10.6 Å². The summed E-state index contributed by atoms with van der Waals surface area (Å²) < 4.78 is 0. The number of benzene rings is 1. The average Bonchev–Trinajstić information content (AvgIpc) is 2.49. The number of aryl methyl sites for hydroxylation is 1. The second-order valence-electron chi connectivity index (χ2n) is 6.21. The van der Waals surface area contributed by atoms with E-state index in [2.05, 4.69) is 10.6 Å². The van der Waals surface area contributed by atoms with Crippen molar-refractivity contribution in [3.8, 4) is 0 Å². The van der Waals surface area contributed by atoms with Gasteiger partial charge in [-0.2, -0.15) is 0 Å². The van der Waals surface area contributed by atoms with E-state index in [-0.39, 0.29) is 5.54 Å². The molecule has 0 radical (unpaired) electrons. The highest BCUT2D eigenvalue weighted by Gasteiger charge is 2.25. The molecule has 0 heterocycles. The molecule has 5 heteroatoms.